The standard InChI is InChI=1S/C18H18N2O2S/c1-18(2)12-7-4-5-8-13(12)20(3)15(18)11-16(23)19-17(21)14-9-6-10-22-14/h4-11H,1-3H3,(H,19,21,23). The van der Waals surface area contributed by atoms with Crippen molar-refractivity contribution < 1.29 is 9.21 Å². The molecular weight excluding hydrogens is 308 g/mol. The van der Waals surface area contributed by atoms with E-state index in [1.54, 1.807) is 12.1 Å². The van der Waals surface area contributed by atoms with E-state index < -0.39 is 0 Å². The minimum Gasteiger partial charge on any atom is -0.459 e. The molecule has 0 saturated heterocycles. The van der Waals surface area contributed by atoms with Crippen LogP contribution in [0.1, 0.15) is 30.0 Å². The van der Waals surface area contributed by atoms with Crippen molar-refractivity contribution >= 4 is 28.8 Å². The number of thiocarbonyl (C=S) groups is 1. The molecule has 4 nitrogen and oxygen atoms in total. The Labute approximate surface area is 140 Å². The number of benzene rings is 1. The third-order valence-electron chi connectivity index (χ3n) is 4.19. The number of likely N-dealkylation sites (N-methyl/N-ethyl adjacent to an activating group) is 1. The van der Waals surface area contributed by atoms with E-state index in [4.69, 9.17) is 16.6 Å². The van der Waals surface area contributed by atoms with Crippen LogP contribution in [-0.4, -0.2) is 17.9 Å². The molecule has 0 aliphatic carbocycles. The van der Waals surface area contributed by atoms with Crippen molar-refractivity contribution in [2.45, 2.75) is 19.3 Å². The molecule has 0 radical (unpaired) electrons. The van der Waals surface area contributed by atoms with E-state index >= 15 is 0 Å². The number of amides is 1. The van der Waals surface area contributed by atoms with Crippen LogP contribution in [0.2, 0.25) is 0 Å². The van der Waals surface area contributed by atoms with E-state index in [2.05, 4.69) is 36.2 Å². The van der Waals surface area contributed by atoms with Crippen LogP contribution in [0.15, 0.2) is 58.9 Å². The molecule has 5 heteroatoms. The first kappa shape index (κ1) is 15.5. The molecule has 1 aromatic carbocycles. The van der Waals surface area contributed by atoms with Gasteiger partial charge in [-0.15, -0.1) is 0 Å². The fourth-order valence-electron chi connectivity index (χ4n) is 3.00. The molecule has 1 aliphatic heterocycles. The lowest BCUT2D eigenvalue weighted by Gasteiger charge is -2.24. The van der Waals surface area contributed by atoms with E-state index in [9.17, 15) is 4.79 Å². The number of nitrogens with one attached hydrogen (secondary N) is 1. The summed E-state index contributed by atoms with van der Waals surface area (Å²) >= 11 is 5.33. The number of carbonyl (C=O) groups is 1. The summed E-state index contributed by atoms with van der Waals surface area (Å²) in [6.07, 6.45) is 3.30. The van der Waals surface area contributed by atoms with Crippen molar-refractivity contribution in [2.24, 2.45) is 0 Å². The van der Waals surface area contributed by atoms with Gasteiger partial charge in [-0.05, 0) is 29.8 Å². The summed E-state index contributed by atoms with van der Waals surface area (Å²) in [7, 11) is 2.01. The molecule has 3 rings (SSSR count). The van der Waals surface area contributed by atoms with Gasteiger partial charge in [0.2, 0.25) is 0 Å². The third-order valence-corrected chi connectivity index (χ3v) is 4.41. The monoisotopic (exact) mass is 326 g/mol. The molecular formula is C18H18N2O2S. The van der Waals surface area contributed by atoms with Gasteiger partial charge in [0.1, 0.15) is 4.99 Å². The molecule has 1 aromatic heterocycles. The maximum atomic E-state index is 12.0. The van der Waals surface area contributed by atoms with Crippen molar-refractivity contribution in [3.63, 3.8) is 0 Å². The molecule has 1 amide bonds. The summed E-state index contributed by atoms with van der Waals surface area (Å²) in [5, 5.41) is 2.69. The van der Waals surface area contributed by atoms with Gasteiger partial charge in [-0.2, -0.15) is 0 Å². The first-order valence-electron chi connectivity index (χ1n) is 7.35. The SMILES string of the molecule is CN1C(=CC(=S)NC(=O)c2ccco2)C(C)(C)c2ccccc21. The van der Waals surface area contributed by atoms with Gasteiger partial charge in [-0.3, -0.25) is 4.79 Å². The summed E-state index contributed by atoms with van der Waals surface area (Å²) in [5.41, 5.74) is 3.27. The highest BCUT2D eigenvalue weighted by molar-refractivity contribution is 7.80. The zero-order chi connectivity index (χ0) is 16.6. The second-order valence-corrected chi connectivity index (χ2v) is 6.47. The lowest BCUT2D eigenvalue weighted by Crippen LogP contribution is -2.30. The number of para-hydroxylation sites is 1. The summed E-state index contributed by atoms with van der Waals surface area (Å²) in [6.45, 7) is 4.30. The lowest BCUT2D eigenvalue weighted by molar-refractivity contribution is 0.0951. The largest absolute Gasteiger partial charge is 0.459 e. The van der Waals surface area contributed by atoms with E-state index in [1.807, 2.05) is 25.3 Å². The van der Waals surface area contributed by atoms with Crippen LogP contribution in [0.5, 0.6) is 0 Å². The van der Waals surface area contributed by atoms with E-state index in [0.29, 0.717) is 4.99 Å². The Morgan fingerprint density at radius 3 is 2.65 bits per heavy atom. The number of furan rings is 1. The number of rotatable bonds is 2. The molecule has 2 heterocycles. The van der Waals surface area contributed by atoms with Crippen LogP contribution in [-0.2, 0) is 5.41 Å². The Balaban J connectivity index is 1.85. The van der Waals surface area contributed by atoms with Gasteiger partial charge < -0.3 is 14.6 Å². The predicted molar refractivity (Wildman–Crippen MR) is 94.7 cm³/mol. The van der Waals surface area contributed by atoms with Gasteiger partial charge in [0.15, 0.2) is 5.76 Å². The molecule has 0 spiro atoms. The highest BCUT2D eigenvalue weighted by atomic mass is 32.1. The molecule has 23 heavy (non-hydrogen) atoms. The van der Waals surface area contributed by atoms with Crippen LogP contribution in [0.4, 0.5) is 5.69 Å². The zero-order valence-electron chi connectivity index (χ0n) is 13.3. The number of hydrogen-bond donors (Lipinski definition) is 1. The van der Waals surface area contributed by atoms with Crippen molar-refractivity contribution in [1.29, 1.82) is 0 Å². The van der Waals surface area contributed by atoms with Crippen LogP contribution in [0.3, 0.4) is 0 Å². The molecule has 0 saturated carbocycles. The molecule has 118 valence electrons. The molecule has 0 fully saturated rings. The molecule has 1 N–H and O–H groups in total. The van der Waals surface area contributed by atoms with E-state index in [0.717, 1.165) is 11.4 Å². The zero-order valence-corrected chi connectivity index (χ0v) is 14.1. The van der Waals surface area contributed by atoms with Gasteiger partial charge >= 0.3 is 0 Å². The second kappa shape index (κ2) is 5.66. The fourth-order valence-corrected chi connectivity index (χ4v) is 3.20. The van der Waals surface area contributed by atoms with Crippen molar-refractivity contribution in [1.82, 2.24) is 5.32 Å². The highest BCUT2D eigenvalue weighted by Gasteiger charge is 2.38. The Kier molecular flexibility index (Phi) is 3.82. The van der Waals surface area contributed by atoms with Gasteiger partial charge in [-0.25, -0.2) is 0 Å². The summed E-state index contributed by atoms with van der Waals surface area (Å²) in [4.78, 5) is 14.5. The average Bonchev–Trinajstić information content (AvgIpc) is 3.11. The minimum atomic E-state index is -0.340. The van der Waals surface area contributed by atoms with Gasteiger partial charge in [0, 0.05) is 23.8 Å². The average molecular weight is 326 g/mol. The number of allylic oxidation sites excluding steroid dienone is 1. The number of carbonyl (C=O) groups excluding carboxylic acids is 1. The Morgan fingerprint density at radius 2 is 2.00 bits per heavy atom. The first-order valence-corrected chi connectivity index (χ1v) is 7.76. The van der Waals surface area contributed by atoms with Crippen LogP contribution < -0.4 is 10.2 Å². The maximum absolute atomic E-state index is 12.0. The normalized spacial score (nSPS) is 17.2. The summed E-state index contributed by atoms with van der Waals surface area (Å²) < 4.78 is 5.08. The summed E-state index contributed by atoms with van der Waals surface area (Å²) in [6, 6.07) is 11.5. The van der Waals surface area contributed by atoms with Crippen LogP contribution in [0, 0.1) is 0 Å². The first-order chi connectivity index (χ1) is 10.9. The smallest absolute Gasteiger partial charge is 0.291 e. The van der Waals surface area contributed by atoms with Gasteiger partial charge in [-0.1, -0.05) is 44.3 Å². The maximum Gasteiger partial charge on any atom is 0.291 e. The van der Waals surface area contributed by atoms with E-state index in [1.165, 1.54) is 11.8 Å². The van der Waals surface area contributed by atoms with Crippen LogP contribution in [0.25, 0.3) is 0 Å². The molecule has 0 bridgehead atoms. The minimum absolute atomic E-state index is 0.176. The Bertz CT molecular complexity index is 791. The van der Waals surface area contributed by atoms with E-state index in [-0.39, 0.29) is 17.1 Å². The predicted octanol–water partition coefficient (Wildman–Crippen LogP) is 3.65. The third kappa shape index (κ3) is 2.68. The topological polar surface area (TPSA) is 45.5 Å². The quantitative estimate of drug-likeness (QED) is 0.676. The van der Waals surface area contributed by atoms with Crippen molar-refractivity contribution in [2.75, 3.05) is 11.9 Å². The Hall–Kier alpha value is -2.40. The fraction of sp³-hybridized carbons (Fsp3) is 0.222. The second-order valence-electron chi connectivity index (χ2n) is 6.03. The van der Waals surface area contributed by atoms with Crippen molar-refractivity contribution in [3.05, 3.63) is 65.8 Å². The summed E-state index contributed by atoms with van der Waals surface area (Å²) in [5.74, 6) is -0.0964. The van der Waals surface area contributed by atoms with Gasteiger partial charge in [0.05, 0.1) is 6.26 Å². The molecule has 2 aromatic rings. The van der Waals surface area contributed by atoms with Crippen LogP contribution >= 0.6 is 12.2 Å². The number of hydrogen-bond acceptors (Lipinski definition) is 4. The van der Waals surface area contributed by atoms with Gasteiger partial charge in [0.25, 0.3) is 5.91 Å². The highest BCUT2D eigenvalue weighted by Crippen LogP contribution is 2.46. The number of anilines is 1. The Morgan fingerprint density at radius 1 is 1.26 bits per heavy atom. The molecule has 0 unspecified atom stereocenters. The molecule has 0 atom stereocenters. The lowest BCUT2D eigenvalue weighted by atomic mass is 9.84. The van der Waals surface area contributed by atoms with Crippen molar-refractivity contribution in [3.8, 4) is 0 Å². The molecule has 1 aliphatic rings. The number of fused-ring (bicyclic) bond motifs is 1. The number of nitrogens with zero attached hydrogens (tertiary/aromatic N) is 1.